The Kier molecular flexibility index (Phi) is 9.64. The van der Waals surface area contributed by atoms with Gasteiger partial charge < -0.3 is 19.5 Å². The molecule has 2 aromatic rings. The summed E-state index contributed by atoms with van der Waals surface area (Å²) >= 11 is 5.93. The number of methoxy groups -OCH3 is 1. The molecule has 0 bridgehead atoms. The number of nitrogens with one attached hydrogen (secondary N) is 1. The Morgan fingerprint density at radius 1 is 1.21 bits per heavy atom. The summed E-state index contributed by atoms with van der Waals surface area (Å²) in [5.41, 5.74) is 1.82. The van der Waals surface area contributed by atoms with Gasteiger partial charge in [0.2, 0.25) is 0 Å². The number of ether oxygens (including phenoxy) is 3. The Morgan fingerprint density at radius 3 is 2.59 bits per heavy atom. The van der Waals surface area contributed by atoms with E-state index >= 15 is 0 Å². The molecule has 5 nitrogen and oxygen atoms in total. The Bertz CT molecular complexity index is 838. The van der Waals surface area contributed by atoms with E-state index in [9.17, 15) is 4.79 Å². The third-order valence-corrected chi connectivity index (χ3v) is 4.17. The van der Waals surface area contributed by atoms with Crippen LogP contribution in [0.5, 0.6) is 5.75 Å². The molecule has 0 aliphatic carbocycles. The molecule has 0 saturated heterocycles. The van der Waals surface area contributed by atoms with Gasteiger partial charge >= 0.3 is 0 Å². The van der Waals surface area contributed by atoms with E-state index in [1.54, 1.807) is 30.3 Å². The zero-order valence-electron chi connectivity index (χ0n) is 16.3. The maximum absolute atomic E-state index is 12.6. The van der Waals surface area contributed by atoms with Crippen LogP contribution in [-0.4, -0.2) is 32.8 Å². The monoisotopic (exact) mass is 413 g/mol. The van der Waals surface area contributed by atoms with Crippen LogP contribution in [0.3, 0.4) is 0 Å². The van der Waals surface area contributed by atoms with Crippen LogP contribution >= 0.6 is 11.6 Å². The minimum Gasteiger partial charge on any atom is -0.481 e. The first-order chi connectivity index (χ1) is 14.1. The molecule has 1 atom stereocenters. The van der Waals surface area contributed by atoms with Gasteiger partial charge in [-0.15, -0.1) is 6.58 Å². The number of carbonyl (C=O) groups excluding carboxylic acids is 1. The molecule has 0 saturated carbocycles. The zero-order valence-corrected chi connectivity index (χ0v) is 17.1. The maximum atomic E-state index is 12.6. The molecule has 0 heterocycles. The smallest absolute Gasteiger partial charge is 0.253 e. The lowest BCUT2D eigenvalue weighted by Gasteiger charge is -2.17. The topological polar surface area (TPSA) is 56.8 Å². The van der Waals surface area contributed by atoms with E-state index in [0.29, 0.717) is 18.0 Å². The van der Waals surface area contributed by atoms with Crippen LogP contribution in [0.4, 0.5) is 0 Å². The first kappa shape index (κ1) is 22.4. The Balaban J connectivity index is 1.86. The second-order valence-electron chi connectivity index (χ2n) is 6.01. The fraction of sp³-hybridized carbons (Fsp3) is 0.261. The summed E-state index contributed by atoms with van der Waals surface area (Å²) in [6.07, 6.45) is 4.05. The van der Waals surface area contributed by atoms with Gasteiger partial charge in [-0.2, -0.15) is 0 Å². The van der Waals surface area contributed by atoms with Crippen molar-refractivity contribution in [3.05, 3.63) is 77.3 Å². The van der Waals surface area contributed by atoms with Crippen molar-refractivity contribution in [1.82, 2.24) is 5.32 Å². The van der Waals surface area contributed by atoms with Crippen LogP contribution in [0.2, 0.25) is 5.02 Å². The molecule has 2 rings (SSSR count). The standard InChI is InChI=1S/C23H24ClNO4/c1-3-15-29-22(19-7-9-20(24)10-8-19)23(26)25-14-13-18-5-11-21(12-6-18)28-17-4-16-27-2/h3,5-12,22H,1,13-15,17H2,2H3,(H,25,26). The third-order valence-electron chi connectivity index (χ3n) is 3.91. The van der Waals surface area contributed by atoms with Crippen molar-refractivity contribution in [2.75, 3.05) is 26.9 Å². The Labute approximate surface area is 176 Å². The second kappa shape index (κ2) is 12.5. The van der Waals surface area contributed by atoms with Crippen molar-refractivity contribution in [3.63, 3.8) is 0 Å². The highest BCUT2D eigenvalue weighted by Gasteiger charge is 2.20. The molecular formula is C23H24ClNO4. The fourth-order valence-electron chi connectivity index (χ4n) is 2.52. The van der Waals surface area contributed by atoms with E-state index in [0.717, 1.165) is 16.9 Å². The largest absolute Gasteiger partial charge is 0.481 e. The van der Waals surface area contributed by atoms with Crippen LogP contribution in [0.15, 0.2) is 61.2 Å². The normalized spacial score (nSPS) is 11.0. The minimum atomic E-state index is -0.714. The summed E-state index contributed by atoms with van der Waals surface area (Å²) < 4.78 is 15.8. The number of hydrogen-bond donors (Lipinski definition) is 1. The van der Waals surface area contributed by atoms with Gasteiger partial charge in [-0.1, -0.05) is 41.9 Å². The predicted molar refractivity (Wildman–Crippen MR) is 114 cm³/mol. The lowest BCUT2D eigenvalue weighted by Crippen LogP contribution is -2.32. The molecule has 1 N–H and O–H groups in total. The summed E-state index contributed by atoms with van der Waals surface area (Å²) in [4.78, 5) is 12.6. The van der Waals surface area contributed by atoms with Crippen LogP contribution in [0, 0.1) is 12.0 Å². The first-order valence-electron chi connectivity index (χ1n) is 9.12. The van der Waals surface area contributed by atoms with Gasteiger partial charge in [0, 0.05) is 11.6 Å². The molecular weight excluding hydrogens is 390 g/mol. The highest BCUT2D eigenvalue weighted by atomic mass is 35.5. The third kappa shape index (κ3) is 7.90. The highest BCUT2D eigenvalue weighted by Crippen LogP contribution is 2.20. The molecule has 0 aliphatic rings. The van der Waals surface area contributed by atoms with Crippen LogP contribution in [0.1, 0.15) is 17.2 Å². The van der Waals surface area contributed by atoms with Crippen LogP contribution in [0.25, 0.3) is 0 Å². The summed E-state index contributed by atoms with van der Waals surface area (Å²) in [5, 5.41) is 3.53. The minimum absolute atomic E-state index is 0.203. The molecule has 0 spiro atoms. The molecule has 0 fully saturated rings. The van der Waals surface area contributed by atoms with E-state index < -0.39 is 6.10 Å². The summed E-state index contributed by atoms with van der Waals surface area (Å²) in [5.74, 6) is 3.24. The Hall–Kier alpha value is -2.94. The lowest BCUT2D eigenvalue weighted by molar-refractivity contribution is -0.132. The Morgan fingerprint density at radius 2 is 1.93 bits per heavy atom. The molecule has 0 aromatic heterocycles. The molecule has 152 valence electrons. The molecule has 29 heavy (non-hydrogen) atoms. The average molecular weight is 414 g/mol. The van der Waals surface area contributed by atoms with E-state index in [1.807, 2.05) is 24.3 Å². The molecule has 1 amide bonds. The number of rotatable bonds is 10. The van der Waals surface area contributed by atoms with Crippen molar-refractivity contribution < 1.29 is 19.0 Å². The van der Waals surface area contributed by atoms with E-state index in [-0.39, 0.29) is 19.1 Å². The summed E-state index contributed by atoms with van der Waals surface area (Å²) in [7, 11) is 1.50. The molecule has 2 aromatic carbocycles. The highest BCUT2D eigenvalue weighted by molar-refractivity contribution is 6.30. The van der Waals surface area contributed by atoms with E-state index in [2.05, 4.69) is 28.7 Å². The van der Waals surface area contributed by atoms with Crippen molar-refractivity contribution in [2.45, 2.75) is 12.5 Å². The number of halogens is 1. The SMILES string of the molecule is C=CCOC(C(=O)NCCc1ccc(OCC#COC)cc1)c1ccc(Cl)cc1. The summed E-state index contributed by atoms with van der Waals surface area (Å²) in [6, 6.07) is 14.7. The summed E-state index contributed by atoms with van der Waals surface area (Å²) in [6.45, 7) is 4.66. The maximum Gasteiger partial charge on any atom is 0.253 e. The van der Waals surface area contributed by atoms with E-state index in [1.165, 1.54) is 7.11 Å². The van der Waals surface area contributed by atoms with Gasteiger partial charge in [0.1, 0.15) is 11.9 Å². The molecule has 0 radical (unpaired) electrons. The second-order valence-corrected chi connectivity index (χ2v) is 6.45. The zero-order chi connectivity index (χ0) is 20.9. The van der Waals surface area contributed by atoms with Gasteiger partial charge in [-0.05, 0) is 47.7 Å². The lowest BCUT2D eigenvalue weighted by atomic mass is 10.1. The van der Waals surface area contributed by atoms with Crippen LogP contribution < -0.4 is 10.1 Å². The van der Waals surface area contributed by atoms with Gasteiger partial charge in [0.15, 0.2) is 12.7 Å². The first-order valence-corrected chi connectivity index (χ1v) is 9.50. The van der Waals surface area contributed by atoms with Gasteiger partial charge in [0.25, 0.3) is 5.91 Å². The van der Waals surface area contributed by atoms with Crippen molar-refractivity contribution >= 4 is 17.5 Å². The van der Waals surface area contributed by atoms with Gasteiger partial charge in [0.05, 0.1) is 13.7 Å². The van der Waals surface area contributed by atoms with Crippen molar-refractivity contribution in [1.29, 1.82) is 0 Å². The van der Waals surface area contributed by atoms with Crippen molar-refractivity contribution in [2.24, 2.45) is 0 Å². The van der Waals surface area contributed by atoms with Crippen LogP contribution in [-0.2, 0) is 20.7 Å². The number of hydrogen-bond acceptors (Lipinski definition) is 4. The molecule has 1 unspecified atom stereocenters. The van der Waals surface area contributed by atoms with Gasteiger partial charge in [-0.3, -0.25) is 4.79 Å². The van der Waals surface area contributed by atoms with Gasteiger partial charge in [-0.25, -0.2) is 0 Å². The predicted octanol–water partition coefficient (Wildman–Crippen LogP) is 3.93. The average Bonchev–Trinajstić information content (AvgIpc) is 2.74. The van der Waals surface area contributed by atoms with E-state index in [4.69, 9.17) is 21.1 Å². The van der Waals surface area contributed by atoms with Crippen molar-refractivity contribution in [3.8, 4) is 17.8 Å². The fourth-order valence-corrected chi connectivity index (χ4v) is 2.65. The molecule has 6 heteroatoms. The quantitative estimate of drug-likeness (QED) is 0.473. The number of amides is 1. The number of benzene rings is 2. The molecule has 0 aliphatic heterocycles. The number of carbonyl (C=O) groups is 1.